The first-order valence-electron chi connectivity index (χ1n) is 8.47. The van der Waals surface area contributed by atoms with Crippen LogP contribution in [0.25, 0.3) is 0 Å². The Morgan fingerprint density at radius 1 is 1.13 bits per heavy atom. The molecule has 2 rings (SSSR count). The molecule has 3 amide bonds. The van der Waals surface area contributed by atoms with Crippen LogP contribution < -0.4 is 16.0 Å². The van der Waals surface area contributed by atoms with Gasteiger partial charge in [0.05, 0.1) is 6.04 Å². The lowest BCUT2D eigenvalue weighted by atomic mass is 9.89. The standard InChI is InChI=1S/C18H27N3O2/c1-4-19-18(23)21-17(22)13(3)20-12(2)15-10-9-14-7-5-6-8-16(14)11-15/h9-13,20H,4-8H2,1-3H3,(H2,19,21,22,23)/t12-,13-/m1/s1. The molecule has 5 nitrogen and oxygen atoms in total. The number of rotatable bonds is 5. The second-order valence-electron chi connectivity index (χ2n) is 6.19. The highest BCUT2D eigenvalue weighted by Gasteiger charge is 2.19. The first-order valence-corrected chi connectivity index (χ1v) is 8.47. The number of hydrogen-bond acceptors (Lipinski definition) is 3. The summed E-state index contributed by atoms with van der Waals surface area (Å²) >= 11 is 0. The third kappa shape index (κ3) is 4.79. The van der Waals surface area contributed by atoms with Gasteiger partial charge >= 0.3 is 6.03 Å². The molecule has 0 fully saturated rings. The van der Waals surface area contributed by atoms with Gasteiger partial charge in [0.2, 0.25) is 5.91 Å². The lowest BCUT2D eigenvalue weighted by molar-refractivity contribution is -0.121. The fraction of sp³-hybridized carbons (Fsp3) is 0.556. The summed E-state index contributed by atoms with van der Waals surface area (Å²) in [5.41, 5.74) is 4.07. The van der Waals surface area contributed by atoms with Crippen molar-refractivity contribution in [2.24, 2.45) is 0 Å². The quantitative estimate of drug-likeness (QED) is 0.781. The molecule has 3 N–H and O–H groups in total. The van der Waals surface area contributed by atoms with Gasteiger partial charge in [0.25, 0.3) is 0 Å². The van der Waals surface area contributed by atoms with Gasteiger partial charge in [-0.25, -0.2) is 4.79 Å². The van der Waals surface area contributed by atoms with Crippen LogP contribution in [0.5, 0.6) is 0 Å². The molecule has 0 heterocycles. The summed E-state index contributed by atoms with van der Waals surface area (Å²) in [4.78, 5) is 23.4. The van der Waals surface area contributed by atoms with Crippen molar-refractivity contribution in [3.05, 3.63) is 34.9 Å². The van der Waals surface area contributed by atoms with E-state index in [1.54, 1.807) is 6.92 Å². The molecule has 2 atom stereocenters. The van der Waals surface area contributed by atoms with Crippen LogP contribution in [-0.2, 0) is 17.6 Å². The fourth-order valence-corrected chi connectivity index (χ4v) is 2.99. The highest BCUT2D eigenvalue weighted by molar-refractivity contribution is 5.96. The lowest BCUT2D eigenvalue weighted by Crippen LogP contribution is -2.48. The molecular formula is C18H27N3O2. The van der Waals surface area contributed by atoms with Gasteiger partial charge in [-0.3, -0.25) is 15.4 Å². The molecule has 5 heteroatoms. The Balaban J connectivity index is 1.94. The second-order valence-corrected chi connectivity index (χ2v) is 6.19. The zero-order valence-corrected chi connectivity index (χ0v) is 14.2. The van der Waals surface area contributed by atoms with Crippen LogP contribution in [0.15, 0.2) is 18.2 Å². The molecule has 0 spiro atoms. The molecule has 0 radical (unpaired) electrons. The van der Waals surface area contributed by atoms with E-state index in [-0.39, 0.29) is 11.9 Å². The van der Waals surface area contributed by atoms with E-state index >= 15 is 0 Å². The minimum Gasteiger partial charge on any atom is -0.338 e. The monoisotopic (exact) mass is 317 g/mol. The Kier molecular flexibility index (Phi) is 6.16. The van der Waals surface area contributed by atoms with E-state index in [4.69, 9.17) is 0 Å². The molecule has 1 aromatic carbocycles. The van der Waals surface area contributed by atoms with Crippen molar-refractivity contribution in [2.45, 2.75) is 58.5 Å². The summed E-state index contributed by atoms with van der Waals surface area (Å²) < 4.78 is 0. The first-order chi connectivity index (χ1) is 11.0. The van der Waals surface area contributed by atoms with Crippen molar-refractivity contribution in [1.82, 2.24) is 16.0 Å². The number of nitrogens with one attached hydrogen (secondary N) is 3. The molecule has 1 aliphatic rings. The fourth-order valence-electron chi connectivity index (χ4n) is 2.99. The molecule has 0 aliphatic heterocycles. The third-order valence-electron chi connectivity index (χ3n) is 4.34. The van der Waals surface area contributed by atoms with E-state index < -0.39 is 12.1 Å². The number of imide groups is 1. The summed E-state index contributed by atoms with van der Waals surface area (Å²) in [6, 6.07) is 5.76. The number of carbonyl (C=O) groups is 2. The molecule has 0 unspecified atom stereocenters. The van der Waals surface area contributed by atoms with E-state index in [0.717, 1.165) is 6.42 Å². The van der Waals surface area contributed by atoms with Crippen LogP contribution in [0, 0.1) is 0 Å². The Bertz CT molecular complexity index is 571. The van der Waals surface area contributed by atoms with Gasteiger partial charge in [-0.15, -0.1) is 0 Å². The summed E-state index contributed by atoms with van der Waals surface area (Å²) in [6.45, 7) is 6.11. The van der Waals surface area contributed by atoms with E-state index in [0.29, 0.717) is 6.54 Å². The minimum absolute atomic E-state index is 0.0530. The average molecular weight is 317 g/mol. The van der Waals surface area contributed by atoms with Crippen LogP contribution in [0.4, 0.5) is 4.79 Å². The number of amides is 3. The van der Waals surface area contributed by atoms with Gasteiger partial charge in [0, 0.05) is 12.6 Å². The van der Waals surface area contributed by atoms with Crippen molar-refractivity contribution in [3.8, 4) is 0 Å². The Labute approximate surface area is 138 Å². The summed E-state index contributed by atoms with van der Waals surface area (Å²) in [7, 11) is 0. The van der Waals surface area contributed by atoms with Gasteiger partial charge in [0.15, 0.2) is 0 Å². The zero-order chi connectivity index (χ0) is 16.8. The number of hydrogen-bond donors (Lipinski definition) is 3. The van der Waals surface area contributed by atoms with Crippen molar-refractivity contribution in [3.63, 3.8) is 0 Å². The van der Waals surface area contributed by atoms with Crippen molar-refractivity contribution < 1.29 is 9.59 Å². The summed E-state index contributed by atoms with van der Waals surface area (Å²) in [6.07, 6.45) is 4.84. The highest BCUT2D eigenvalue weighted by Crippen LogP contribution is 2.24. The van der Waals surface area contributed by atoms with Gasteiger partial charge in [-0.05, 0) is 63.1 Å². The molecule has 0 saturated heterocycles. The van der Waals surface area contributed by atoms with Gasteiger partial charge in [-0.2, -0.15) is 0 Å². The van der Waals surface area contributed by atoms with Gasteiger partial charge in [-0.1, -0.05) is 18.2 Å². The van der Waals surface area contributed by atoms with Crippen LogP contribution in [0.2, 0.25) is 0 Å². The van der Waals surface area contributed by atoms with E-state index in [1.807, 2.05) is 13.8 Å². The Morgan fingerprint density at radius 2 is 1.83 bits per heavy atom. The van der Waals surface area contributed by atoms with Crippen LogP contribution in [-0.4, -0.2) is 24.5 Å². The van der Waals surface area contributed by atoms with Gasteiger partial charge < -0.3 is 5.32 Å². The number of carbonyl (C=O) groups excluding carboxylic acids is 2. The zero-order valence-electron chi connectivity index (χ0n) is 14.2. The first kappa shape index (κ1) is 17.5. The molecule has 1 aromatic rings. The molecular weight excluding hydrogens is 290 g/mol. The number of benzene rings is 1. The Morgan fingerprint density at radius 3 is 2.52 bits per heavy atom. The van der Waals surface area contributed by atoms with E-state index in [9.17, 15) is 9.59 Å². The maximum Gasteiger partial charge on any atom is 0.321 e. The molecule has 0 saturated carbocycles. The number of urea groups is 1. The third-order valence-corrected chi connectivity index (χ3v) is 4.34. The number of aryl methyl sites for hydroxylation is 2. The SMILES string of the molecule is CCNC(=O)NC(=O)[C@@H](C)N[C@H](C)c1ccc2c(c1)CCCC2. The molecule has 0 bridgehead atoms. The predicted octanol–water partition coefficient (Wildman–Crippen LogP) is 2.45. The van der Waals surface area contributed by atoms with Crippen molar-refractivity contribution in [1.29, 1.82) is 0 Å². The van der Waals surface area contributed by atoms with E-state index in [1.165, 1.54) is 36.0 Å². The van der Waals surface area contributed by atoms with Crippen LogP contribution in [0.1, 0.15) is 56.3 Å². The normalized spacial score (nSPS) is 16.1. The molecule has 126 valence electrons. The van der Waals surface area contributed by atoms with Gasteiger partial charge in [0.1, 0.15) is 0 Å². The number of fused-ring (bicyclic) bond motifs is 1. The minimum atomic E-state index is -0.451. The van der Waals surface area contributed by atoms with Crippen molar-refractivity contribution >= 4 is 11.9 Å². The summed E-state index contributed by atoms with van der Waals surface area (Å²) in [5.74, 6) is -0.319. The molecule has 1 aliphatic carbocycles. The van der Waals surface area contributed by atoms with Crippen LogP contribution >= 0.6 is 0 Å². The average Bonchev–Trinajstić information content (AvgIpc) is 2.54. The molecule has 0 aromatic heterocycles. The highest BCUT2D eigenvalue weighted by atomic mass is 16.2. The largest absolute Gasteiger partial charge is 0.338 e. The van der Waals surface area contributed by atoms with E-state index in [2.05, 4.69) is 34.1 Å². The smallest absolute Gasteiger partial charge is 0.321 e. The second kappa shape index (κ2) is 8.11. The van der Waals surface area contributed by atoms with Crippen LogP contribution in [0.3, 0.4) is 0 Å². The maximum absolute atomic E-state index is 12.0. The summed E-state index contributed by atoms with van der Waals surface area (Å²) in [5, 5.41) is 8.15. The molecule has 23 heavy (non-hydrogen) atoms. The Hall–Kier alpha value is -1.88. The predicted molar refractivity (Wildman–Crippen MR) is 91.3 cm³/mol. The van der Waals surface area contributed by atoms with Crippen molar-refractivity contribution in [2.75, 3.05) is 6.54 Å². The maximum atomic E-state index is 12.0. The topological polar surface area (TPSA) is 70.2 Å². The lowest BCUT2D eigenvalue weighted by Gasteiger charge is -2.22.